The molecule has 1 heterocycles. The van der Waals surface area contributed by atoms with Gasteiger partial charge in [0, 0.05) is 12.4 Å². The lowest BCUT2D eigenvalue weighted by Gasteiger charge is -2.12. The standard InChI is InChI=1S/C10H15Cl2N3O/c1-7(3-4-11)5-13-9-8(12)6-14-10(15-9)16-2/h6-7H,3-5H2,1-2H3,(H,13,14,15). The van der Waals surface area contributed by atoms with Gasteiger partial charge in [-0.05, 0) is 12.3 Å². The molecule has 0 aliphatic heterocycles. The summed E-state index contributed by atoms with van der Waals surface area (Å²) in [6.07, 6.45) is 2.47. The van der Waals surface area contributed by atoms with E-state index in [1.165, 1.54) is 13.3 Å². The van der Waals surface area contributed by atoms with Gasteiger partial charge in [0.05, 0.1) is 13.3 Å². The number of hydrogen-bond acceptors (Lipinski definition) is 4. The summed E-state index contributed by atoms with van der Waals surface area (Å²) in [5.74, 6) is 1.72. The molecular weight excluding hydrogens is 249 g/mol. The highest BCUT2D eigenvalue weighted by Crippen LogP contribution is 2.20. The van der Waals surface area contributed by atoms with E-state index in [-0.39, 0.29) is 0 Å². The molecule has 1 aromatic rings. The number of rotatable bonds is 6. The number of aromatic nitrogens is 2. The topological polar surface area (TPSA) is 47.0 Å². The zero-order valence-corrected chi connectivity index (χ0v) is 10.8. The summed E-state index contributed by atoms with van der Waals surface area (Å²) in [6.45, 7) is 2.88. The number of nitrogens with zero attached hydrogens (tertiary/aromatic N) is 2. The van der Waals surface area contributed by atoms with Crippen LogP contribution in [0.15, 0.2) is 6.20 Å². The van der Waals surface area contributed by atoms with Gasteiger partial charge in [0.2, 0.25) is 0 Å². The molecule has 0 saturated carbocycles. The van der Waals surface area contributed by atoms with Crippen LogP contribution in [0.4, 0.5) is 5.82 Å². The molecule has 0 aromatic carbocycles. The van der Waals surface area contributed by atoms with Gasteiger partial charge < -0.3 is 10.1 Å². The molecule has 0 aliphatic rings. The van der Waals surface area contributed by atoms with Crippen LogP contribution in [0, 0.1) is 5.92 Å². The van der Waals surface area contributed by atoms with Crippen molar-refractivity contribution < 1.29 is 4.74 Å². The van der Waals surface area contributed by atoms with Gasteiger partial charge in [-0.1, -0.05) is 18.5 Å². The molecule has 1 N–H and O–H groups in total. The lowest BCUT2D eigenvalue weighted by Crippen LogP contribution is -2.13. The van der Waals surface area contributed by atoms with Crippen LogP contribution in [0.5, 0.6) is 6.01 Å². The zero-order valence-electron chi connectivity index (χ0n) is 9.33. The van der Waals surface area contributed by atoms with Crippen molar-refractivity contribution in [1.29, 1.82) is 0 Å². The SMILES string of the molecule is COc1ncc(Cl)c(NCC(C)CCCl)n1. The summed E-state index contributed by atoms with van der Waals surface area (Å²) in [5, 5.41) is 3.64. The molecular formula is C10H15Cl2N3O. The molecule has 16 heavy (non-hydrogen) atoms. The van der Waals surface area contributed by atoms with Crippen LogP contribution >= 0.6 is 23.2 Å². The van der Waals surface area contributed by atoms with Crippen molar-refractivity contribution >= 4 is 29.0 Å². The first-order chi connectivity index (χ1) is 7.67. The average Bonchev–Trinajstić information content (AvgIpc) is 2.28. The normalized spacial score (nSPS) is 12.2. The lowest BCUT2D eigenvalue weighted by molar-refractivity contribution is 0.380. The third-order valence-electron chi connectivity index (χ3n) is 2.12. The predicted molar refractivity (Wildman–Crippen MR) is 66.6 cm³/mol. The van der Waals surface area contributed by atoms with Crippen LogP contribution in [-0.2, 0) is 0 Å². The number of alkyl halides is 1. The van der Waals surface area contributed by atoms with Gasteiger partial charge in [-0.2, -0.15) is 4.98 Å². The first kappa shape index (κ1) is 13.3. The molecule has 0 aliphatic carbocycles. The van der Waals surface area contributed by atoms with Crippen molar-refractivity contribution in [3.8, 4) is 6.01 Å². The first-order valence-corrected chi connectivity index (χ1v) is 5.95. The smallest absolute Gasteiger partial charge is 0.318 e. The third kappa shape index (κ3) is 4.02. The number of ether oxygens (including phenoxy) is 1. The number of methoxy groups -OCH3 is 1. The number of hydrogen-bond donors (Lipinski definition) is 1. The Kier molecular flexibility index (Phi) is 5.63. The predicted octanol–water partition coefficient (Wildman–Crippen LogP) is 2.82. The van der Waals surface area contributed by atoms with E-state index in [0.717, 1.165) is 13.0 Å². The molecule has 0 bridgehead atoms. The molecule has 0 amide bonds. The Balaban J connectivity index is 2.58. The minimum atomic E-state index is 0.303. The van der Waals surface area contributed by atoms with Crippen molar-refractivity contribution in [2.75, 3.05) is 24.9 Å². The fourth-order valence-corrected chi connectivity index (χ4v) is 1.66. The first-order valence-electron chi connectivity index (χ1n) is 5.03. The largest absolute Gasteiger partial charge is 0.467 e. The van der Waals surface area contributed by atoms with E-state index in [0.29, 0.717) is 28.6 Å². The summed E-state index contributed by atoms with van der Waals surface area (Å²) >= 11 is 11.6. The van der Waals surface area contributed by atoms with E-state index in [1.54, 1.807) is 0 Å². The second-order valence-electron chi connectivity index (χ2n) is 3.52. The van der Waals surface area contributed by atoms with Crippen molar-refractivity contribution in [1.82, 2.24) is 9.97 Å². The van der Waals surface area contributed by atoms with Crippen LogP contribution in [-0.4, -0.2) is 29.5 Å². The van der Waals surface area contributed by atoms with Gasteiger partial charge in [0.25, 0.3) is 0 Å². The maximum absolute atomic E-state index is 5.94. The van der Waals surface area contributed by atoms with Gasteiger partial charge in [0.15, 0.2) is 5.82 Å². The molecule has 0 fully saturated rings. The van der Waals surface area contributed by atoms with E-state index in [2.05, 4.69) is 22.2 Å². The molecule has 0 radical (unpaired) electrons. The lowest BCUT2D eigenvalue weighted by atomic mass is 10.1. The highest BCUT2D eigenvalue weighted by Gasteiger charge is 2.07. The van der Waals surface area contributed by atoms with Crippen molar-refractivity contribution in [2.45, 2.75) is 13.3 Å². The van der Waals surface area contributed by atoms with Crippen LogP contribution < -0.4 is 10.1 Å². The van der Waals surface area contributed by atoms with E-state index < -0.39 is 0 Å². The quantitative estimate of drug-likeness (QED) is 0.802. The highest BCUT2D eigenvalue weighted by molar-refractivity contribution is 6.32. The van der Waals surface area contributed by atoms with Crippen molar-refractivity contribution in [3.05, 3.63) is 11.2 Å². The highest BCUT2D eigenvalue weighted by atomic mass is 35.5. The van der Waals surface area contributed by atoms with E-state index in [4.69, 9.17) is 27.9 Å². The van der Waals surface area contributed by atoms with Crippen LogP contribution in [0.2, 0.25) is 5.02 Å². The van der Waals surface area contributed by atoms with Crippen molar-refractivity contribution in [3.63, 3.8) is 0 Å². The average molecular weight is 264 g/mol. The third-order valence-corrected chi connectivity index (χ3v) is 2.62. The van der Waals surface area contributed by atoms with E-state index in [9.17, 15) is 0 Å². The summed E-state index contributed by atoms with van der Waals surface area (Å²) in [6, 6.07) is 0.303. The Morgan fingerprint density at radius 1 is 1.56 bits per heavy atom. The fraction of sp³-hybridized carbons (Fsp3) is 0.600. The van der Waals surface area contributed by atoms with Crippen LogP contribution in [0.3, 0.4) is 0 Å². The van der Waals surface area contributed by atoms with Crippen LogP contribution in [0.1, 0.15) is 13.3 Å². The fourth-order valence-electron chi connectivity index (χ4n) is 1.13. The number of nitrogens with one attached hydrogen (secondary N) is 1. The summed E-state index contributed by atoms with van der Waals surface area (Å²) < 4.78 is 4.92. The second kappa shape index (κ2) is 6.76. The maximum atomic E-state index is 5.94. The maximum Gasteiger partial charge on any atom is 0.318 e. The molecule has 1 rings (SSSR count). The van der Waals surface area contributed by atoms with E-state index in [1.807, 2.05) is 0 Å². The van der Waals surface area contributed by atoms with E-state index >= 15 is 0 Å². The minimum Gasteiger partial charge on any atom is -0.467 e. The number of halogens is 2. The number of anilines is 1. The van der Waals surface area contributed by atoms with Crippen molar-refractivity contribution in [2.24, 2.45) is 5.92 Å². The Morgan fingerprint density at radius 3 is 2.94 bits per heavy atom. The van der Waals surface area contributed by atoms with Gasteiger partial charge in [0.1, 0.15) is 5.02 Å². The summed E-state index contributed by atoms with van der Waals surface area (Å²) in [5.41, 5.74) is 0. The second-order valence-corrected chi connectivity index (χ2v) is 4.30. The van der Waals surface area contributed by atoms with Gasteiger partial charge >= 0.3 is 6.01 Å². The Morgan fingerprint density at radius 2 is 2.31 bits per heavy atom. The molecule has 1 atom stereocenters. The Hall–Kier alpha value is -0.740. The van der Waals surface area contributed by atoms with Gasteiger partial charge in [-0.25, -0.2) is 4.98 Å². The Labute approximate surface area is 105 Å². The monoisotopic (exact) mass is 263 g/mol. The molecule has 1 aromatic heterocycles. The molecule has 6 heteroatoms. The minimum absolute atomic E-state index is 0.303. The zero-order chi connectivity index (χ0) is 12.0. The molecule has 90 valence electrons. The molecule has 0 saturated heterocycles. The van der Waals surface area contributed by atoms with Crippen LogP contribution in [0.25, 0.3) is 0 Å². The summed E-state index contributed by atoms with van der Waals surface area (Å²) in [7, 11) is 1.52. The Bertz CT molecular complexity index is 336. The summed E-state index contributed by atoms with van der Waals surface area (Å²) in [4.78, 5) is 8.01. The molecule has 0 spiro atoms. The van der Waals surface area contributed by atoms with Gasteiger partial charge in [-0.3, -0.25) is 0 Å². The molecule has 1 unspecified atom stereocenters. The van der Waals surface area contributed by atoms with Gasteiger partial charge in [-0.15, -0.1) is 11.6 Å². The molecule has 4 nitrogen and oxygen atoms in total.